The van der Waals surface area contributed by atoms with Crippen molar-refractivity contribution in [3.05, 3.63) is 46.3 Å². The summed E-state index contributed by atoms with van der Waals surface area (Å²) >= 11 is 0.931. The summed E-state index contributed by atoms with van der Waals surface area (Å²) in [5.74, 6) is -1.41. The van der Waals surface area contributed by atoms with Crippen molar-refractivity contribution in [1.29, 1.82) is 0 Å². The summed E-state index contributed by atoms with van der Waals surface area (Å²) in [5.41, 5.74) is 1.42. The highest BCUT2D eigenvalue weighted by atomic mass is 32.1. The molecular weight excluding hydrogens is 410 g/mol. The van der Waals surface area contributed by atoms with Crippen molar-refractivity contribution in [2.45, 2.75) is 38.0 Å². The van der Waals surface area contributed by atoms with E-state index in [1.54, 1.807) is 22.6 Å². The second-order valence-corrected chi connectivity index (χ2v) is 7.92. The minimum absolute atomic E-state index is 0.123. The summed E-state index contributed by atoms with van der Waals surface area (Å²) in [6, 6.07) is 4.13. The summed E-state index contributed by atoms with van der Waals surface area (Å²) in [6.07, 6.45) is -2.84. The van der Waals surface area contributed by atoms with Crippen LogP contribution in [0.3, 0.4) is 0 Å². The van der Waals surface area contributed by atoms with E-state index < -0.39 is 23.7 Å². The molecule has 0 saturated heterocycles. The molecule has 0 bridgehead atoms. The number of likely N-dealkylation sites (N-methyl/N-ethyl adjacent to an activating group) is 1. The number of anilines is 1. The Bertz CT molecular complexity index is 1090. The van der Waals surface area contributed by atoms with Crippen molar-refractivity contribution < 1.29 is 27.5 Å². The molecule has 1 N–H and O–H groups in total. The van der Waals surface area contributed by atoms with Crippen LogP contribution < -0.4 is 4.90 Å². The molecule has 0 spiro atoms. The highest BCUT2D eigenvalue weighted by Crippen LogP contribution is 2.37. The van der Waals surface area contributed by atoms with Gasteiger partial charge in [0.25, 0.3) is 0 Å². The van der Waals surface area contributed by atoms with Gasteiger partial charge in [-0.05, 0) is 43.0 Å². The summed E-state index contributed by atoms with van der Waals surface area (Å²) in [6.45, 7) is -0.223. The maximum atomic E-state index is 13.9. The average molecular weight is 427 g/mol. The third kappa shape index (κ3) is 3.57. The van der Waals surface area contributed by atoms with Crippen LogP contribution in [0.1, 0.15) is 23.4 Å². The molecule has 10 heteroatoms. The van der Waals surface area contributed by atoms with Gasteiger partial charge >= 0.3 is 12.1 Å². The van der Waals surface area contributed by atoms with Crippen LogP contribution in [0.2, 0.25) is 0 Å². The Kier molecular flexibility index (Phi) is 4.76. The lowest BCUT2D eigenvalue weighted by Gasteiger charge is -2.31. The molecule has 0 fully saturated rings. The maximum absolute atomic E-state index is 13.9. The van der Waals surface area contributed by atoms with E-state index in [2.05, 4.69) is 4.98 Å². The van der Waals surface area contributed by atoms with Crippen molar-refractivity contribution in [2.75, 3.05) is 11.9 Å². The second-order valence-electron chi connectivity index (χ2n) is 7.09. The minimum Gasteiger partial charge on any atom is -0.480 e. The second kappa shape index (κ2) is 7.01. The van der Waals surface area contributed by atoms with E-state index in [0.717, 1.165) is 28.0 Å². The van der Waals surface area contributed by atoms with E-state index in [1.165, 1.54) is 12.1 Å². The van der Waals surface area contributed by atoms with Gasteiger partial charge in [-0.3, -0.25) is 4.79 Å². The Morgan fingerprint density at radius 3 is 2.83 bits per heavy atom. The van der Waals surface area contributed by atoms with E-state index in [-0.39, 0.29) is 17.7 Å². The first-order valence-corrected chi connectivity index (χ1v) is 9.80. The summed E-state index contributed by atoms with van der Waals surface area (Å²) in [7, 11) is 1.70. The summed E-state index contributed by atoms with van der Waals surface area (Å²) < 4.78 is 54.1. The Balaban J connectivity index is 1.69. The number of alkyl halides is 3. The Morgan fingerprint density at radius 2 is 2.17 bits per heavy atom. The minimum atomic E-state index is -4.49. The first kappa shape index (κ1) is 19.7. The van der Waals surface area contributed by atoms with Crippen LogP contribution in [0, 0.1) is 5.82 Å². The molecule has 1 unspecified atom stereocenters. The SMILES string of the molecule is CN(c1nc(C(F)(F)F)cs1)C1CCc2c(c3cc(F)ccc3n2CC(=O)O)C1. The fourth-order valence-electron chi connectivity index (χ4n) is 3.96. The highest BCUT2D eigenvalue weighted by molar-refractivity contribution is 7.13. The van der Waals surface area contributed by atoms with Gasteiger partial charge in [-0.25, -0.2) is 9.37 Å². The van der Waals surface area contributed by atoms with Crippen molar-refractivity contribution in [1.82, 2.24) is 9.55 Å². The number of rotatable bonds is 4. The van der Waals surface area contributed by atoms with E-state index in [4.69, 9.17) is 0 Å². The number of aromatic nitrogens is 2. The lowest BCUT2D eigenvalue weighted by molar-refractivity contribution is -0.140. The quantitative estimate of drug-likeness (QED) is 0.630. The van der Waals surface area contributed by atoms with Crippen LogP contribution in [0.15, 0.2) is 23.6 Å². The number of thiazole rings is 1. The molecule has 0 aliphatic heterocycles. The molecule has 1 aliphatic carbocycles. The van der Waals surface area contributed by atoms with Gasteiger partial charge in [0.05, 0.1) is 0 Å². The average Bonchev–Trinajstić information content (AvgIpc) is 3.25. The monoisotopic (exact) mass is 427 g/mol. The number of halogens is 4. The molecule has 3 aromatic rings. The highest BCUT2D eigenvalue weighted by Gasteiger charge is 2.35. The van der Waals surface area contributed by atoms with Crippen molar-refractivity contribution in [2.24, 2.45) is 0 Å². The molecule has 0 radical (unpaired) electrons. The lowest BCUT2D eigenvalue weighted by atomic mass is 9.90. The number of hydrogen-bond acceptors (Lipinski definition) is 4. The number of benzene rings is 1. The maximum Gasteiger partial charge on any atom is 0.434 e. The normalized spacial score (nSPS) is 16.8. The molecule has 0 saturated carbocycles. The van der Waals surface area contributed by atoms with E-state index in [1.807, 2.05) is 0 Å². The van der Waals surface area contributed by atoms with E-state index in [9.17, 15) is 27.5 Å². The largest absolute Gasteiger partial charge is 0.480 e. The van der Waals surface area contributed by atoms with Gasteiger partial charge in [-0.2, -0.15) is 13.2 Å². The van der Waals surface area contributed by atoms with Gasteiger partial charge in [0, 0.05) is 35.1 Å². The number of carboxylic acid groups (broad SMARTS) is 1. The Hall–Kier alpha value is -2.62. The number of carboxylic acids is 1. The zero-order chi connectivity index (χ0) is 20.9. The van der Waals surface area contributed by atoms with Crippen LogP contribution >= 0.6 is 11.3 Å². The number of hydrogen-bond donors (Lipinski definition) is 1. The van der Waals surface area contributed by atoms with E-state index in [0.29, 0.717) is 30.2 Å². The molecule has 29 heavy (non-hydrogen) atoms. The first-order valence-electron chi connectivity index (χ1n) is 8.92. The molecular formula is C19H17F4N3O2S. The summed E-state index contributed by atoms with van der Waals surface area (Å²) in [4.78, 5) is 16.7. The van der Waals surface area contributed by atoms with Gasteiger partial charge in [-0.15, -0.1) is 11.3 Å². The molecule has 2 aromatic heterocycles. The van der Waals surface area contributed by atoms with Gasteiger partial charge in [-0.1, -0.05) is 0 Å². The van der Waals surface area contributed by atoms with Crippen LogP contribution in [0.25, 0.3) is 10.9 Å². The Morgan fingerprint density at radius 1 is 1.41 bits per heavy atom. The predicted molar refractivity (Wildman–Crippen MR) is 101 cm³/mol. The fraction of sp³-hybridized carbons (Fsp3) is 0.368. The van der Waals surface area contributed by atoms with Crippen LogP contribution in [-0.2, 0) is 30.4 Å². The molecule has 154 valence electrons. The fourth-order valence-corrected chi connectivity index (χ4v) is 4.83. The standard InChI is InChI=1S/C19H17F4N3O2S/c1-25(18-24-16(9-29-18)19(21,22)23)11-3-5-15-13(7-11)12-6-10(20)2-4-14(12)26(15)8-17(27)28/h2,4,6,9,11H,3,5,7-8H2,1H3,(H,27,28). The number of aliphatic carboxylic acids is 1. The third-order valence-corrected chi connectivity index (χ3v) is 6.26. The van der Waals surface area contributed by atoms with Crippen LogP contribution in [-0.4, -0.2) is 33.7 Å². The Labute approximate surface area is 167 Å². The molecule has 0 amide bonds. The molecule has 4 rings (SSSR count). The summed E-state index contributed by atoms with van der Waals surface area (Å²) in [5, 5.41) is 11.2. The first-order chi connectivity index (χ1) is 13.6. The van der Waals surface area contributed by atoms with Crippen LogP contribution in [0.5, 0.6) is 0 Å². The molecule has 1 atom stereocenters. The van der Waals surface area contributed by atoms with Gasteiger partial charge < -0.3 is 14.6 Å². The smallest absolute Gasteiger partial charge is 0.434 e. The van der Waals surface area contributed by atoms with Crippen molar-refractivity contribution in [3.8, 4) is 0 Å². The predicted octanol–water partition coefficient (Wildman–Crippen LogP) is 4.33. The molecule has 1 aromatic carbocycles. The molecule has 2 heterocycles. The van der Waals surface area contributed by atoms with E-state index >= 15 is 0 Å². The van der Waals surface area contributed by atoms with Gasteiger partial charge in [0.15, 0.2) is 10.8 Å². The third-order valence-electron chi connectivity index (χ3n) is 5.33. The number of nitrogens with zero attached hydrogens (tertiary/aromatic N) is 3. The number of carbonyl (C=O) groups is 1. The van der Waals surface area contributed by atoms with Crippen molar-refractivity contribution >= 4 is 33.3 Å². The van der Waals surface area contributed by atoms with Crippen LogP contribution in [0.4, 0.5) is 22.7 Å². The topological polar surface area (TPSA) is 58.4 Å². The number of fused-ring (bicyclic) bond motifs is 3. The van der Waals surface area contributed by atoms with Gasteiger partial charge in [0.1, 0.15) is 12.4 Å². The zero-order valence-electron chi connectivity index (χ0n) is 15.3. The lowest BCUT2D eigenvalue weighted by Crippen LogP contribution is -2.36. The molecule has 1 aliphatic rings. The van der Waals surface area contributed by atoms with Crippen molar-refractivity contribution in [3.63, 3.8) is 0 Å². The van der Waals surface area contributed by atoms with Gasteiger partial charge in [0.2, 0.25) is 0 Å². The zero-order valence-corrected chi connectivity index (χ0v) is 16.1. The molecule has 5 nitrogen and oxygen atoms in total.